The molecule has 0 aliphatic rings. The summed E-state index contributed by atoms with van der Waals surface area (Å²) in [6.07, 6.45) is 0. The van der Waals surface area contributed by atoms with E-state index in [4.69, 9.17) is 0 Å². The van der Waals surface area contributed by atoms with Crippen LogP contribution in [-0.2, 0) is 4.74 Å². The molecule has 104 valence electrons. The van der Waals surface area contributed by atoms with Crippen molar-refractivity contribution in [2.24, 2.45) is 0 Å². The Bertz CT molecular complexity index is 668. The molecule has 0 atom stereocenters. The number of halogens is 1. The molecule has 0 aliphatic heterocycles. The molecule has 0 saturated heterocycles. The van der Waals surface area contributed by atoms with Crippen LogP contribution in [0, 0.1) is 3.57 Å². The fourth-order valence-corrected chi connectivity index (χ4v) is 2.61. The van der Waals surface area contributed by atoms with Gasteiger partial charge in [0.25, 0.3) is 5.91 Å². The number of phenolic OH excluding ortho intramolecular Hbond substituents is 1. The van der Waals surface area contributed by atoms with Crippen LogP contribution in [0.5, 0.6) is 5.75 Å². The van der Waals surface area contributed by atoms with Crippen molar-refractivity contribution in [3.8, 4) is 5.75 Å². The largest absolute Gasteiger partial charge is 0.507 e. The number of hydrogen-bond acceptors (Lipinski definition) is 5. The number of anilines is 1. The number of benzene rings is 1. The van der Waals surface area contributed by atoms with E-state index in [2.05, 4.69) is 10.1 Å². The second kappa shape index (κ2) is 6.23. The molecule has 1 heterocycles. The fourth-order valence-electron chi connectivity index (χ4n) is 1.51. The normalized spacial score (nSPS) is 10.1. The minimum absolute atomic E-state index is 0.0387. The highest BCUT2D eigenvalue weighted by Crippen LogP contribution is 2.25. The lowest BCUT2D eigenvalue weighted by atomic mass is 10.2. The van der Waals surface area contributed by atoms with Crippen LogP contribution in [0.4, 0.5) is 5.69 Å². The third kappa shape index (κ3) is 3.10. The van der Waals surface area contributed by atoms with E-state index in [1.165, 1.54) is 24.5 Å². The van der Waals surface area contributed by atoms with E-state index < -0.39 is 11.9 Å². The molecule has 0 saturated carbocycles. The number of aromatic hydroxyl groups is 1. The van der Waals surface area contributed by atoms with Gasteiger partial charge in [0.2, 0.25) is 0 Å². The predicted octanol–water partition coefficient (Wildman–Crippen LogP) is 3.10. The quantitative estimate of drug-likeness (QED) is 0.610. The topological polar surface area (TPSA) is 75.6 Å². The minimum Gasteiger partial charge on any atom is -0.507 e. The van der Waals surface area contributed by atoms with Gasteiger partial charge in [0.15, 0.2) is 0 Å². The molecule has 20 heavy (non-hydrogen) atoms. The van der Waals surface area contributed by atoms with Gasteiger partial charge in [-0.1, -0.05) is 0 Å². The number of carbonyl (C=O) groups is 2. The van der Waals surface area contributed by atoms with E-state index in [0.717, 1.165) is 0 Å². The first-order chi connectivity index (χ1) is 9.52. The van der Waals surface area contributed by atoms with E-state index in [1.807, 2.05) is 22.6 Å². The number of esters is 1. The lowest BCUT2D eigenvalue weighted by molar-refractivity contribution is 0.0607. The summed E-state index contributed by atoms with van der Waals surface area (Å²) in [4.78, 5) is 23.9. The van der Waals surface area contributed by atoms with Crippen LogP contribution in [0.3, 0.4) is 0 Å². The molecule has 1 aromatic heterocycles. The van der Waals surface area contributed by atoms with Crippen molar-refractivity contribution in [1.29, 1.82) is 0 Å². The summed E-state index contributed by atoms with van der Waals surface area (Å²) < 4.78 is 5.29. The second-order valence-corrected chi connectivity index (χ2v) is 5.85. The van der Waals surface area contributed by atoms with Gasteiger partial charge < -0.3 is 15.2 Å². The minimum atomic E-state index is -0.499. The first kappa shape index (κ1) is 14.8. The van der Waals surface area contributed by atoms with Gasteiger partial charge in [-0.05, 0) is 52.2 Å². The molecule has 2 N–H and O–H groups in total. The molecule has 0 unspecified atom stereocenters. The Morgan fingerprint density at radius 1 is 1.35 bits per heavy atom. The third-order valence-corrected chi connectivity index (χ3v) is 4.30. The highest BCUT2D eigenvalue weighted by atomic mass is 127. The maximum Gasteiger partial charge on any atom is 0.350 e. The summed E-state index contributed by atoms with van der Waals surface area (Å²) in [7, 11) is 1.28. The Kier molecular flexibility index (Phi) is 4.61. The highest BCUT2D eigenvalue weighted by molar-refractivity contribution is 14.1. The number of phenols is 1. The van der Waals surface area contributed by atoms with Crippen molar-refractivity contribution in [3.05, 3.63) is 43.7 Å². The zero-order chi connectivity index (χ0) is 14.7. The van der Waals surface area contributed by atoms with Gasteiger partial charge in [0, 0.05) is 5.56 Å². The summed E-state index contributed by atoms with van der Waals surface area (Å²) in [5.41, 5.74) is 0.704. The van der Waals surface area contributed by atoms with Gasteiger partial charge in [-0.25, -0.2) is 4.79 Å². The van der Waals surface area contributed by atoms with Crippen molar-refractivity contribution in [2.75, 3.05) is 12.4 Å². The molecule has 1 aromatic carbocycles. The van der Waals surface area contributed by atoms with E-state index in [1.54, 1.807) is 23.6 Å². The number of thiophene rings is 1. The number of nitrogens with one attached hydrogen (secondary N) is 1. The van der Waals surface area contributed by atoms with Crippen LogP contribution in [-0.4, -0.2) is 24.1 Å². The number of hydrogen-bond donors (Lipinski definition) is 2. The maximum atomic E-state index is 12.1. The molecule has 2 aromatic rings. The van der Waals surface area contributed by atoms with E-state index in [9.17, 15) is 14.7 Å². The van der Waals surface area contributed by atoms with Gasteiger partial charge in [-0.15, -0.1) is 11.3 Å². The number of amides is 1. The van der Waals surface area contributed by atoms with Crippen molar-refractivity contribution >= 4 is 51.5 Å². The Morgan fingerprint density at radius 2 is 2.10 bits per heavy atom. The average Bonchev–Trinajstić information content (AvgIpc) is 2.89. The van der Waals surface area contributed by atoms with Gasteiger partial charge in [0.05, 0.1) is 16.4 Å². The SMILES string of the molecule is COC(=O)c1sccc1NC(=O)c1ccc(I)c(O)c1. The Labute approximate surface area is 132 Å². The molecule has 5 nitrogen and oxygen atoms in total. The molecule has 2 rings (SSSR count). The van der Waals surface area contributed by atoms with Crippen LogP contribution in [0.15, 0.2) is 29.6 Å². The molecule has 0 fully saturated rings. The third-order valence-electron chi connectivity index (χ3n) is 2.49. The Morgan fingerprint density at radius 3 is 2.75 bits per heavy atom. The zero-order valence-corrected chi connectivity index (χ0v) is 13.3. The lowest BCUT2D eigenvalue weighted by Crippen LogP contribution is -2.13. The molecular formula is C13H10INO4S. The summed E-state index contributed by atoms with van der Waals surface area (Å²) in [5, 5.41) is 13.9. The molecule has 1 amide bonds. The zero-order valence-electron chi connectivity index (χ0n) is 10.3. The highest BCUT2D eigenvalue weighted by Gasteiger charge is 2.16. The van der Waals surface area contributed by atoms with E-state index in [-0.39, 0.29) is 5.75 Å². The van der Waals surface area contributed by atoms with Crippen LogP contribution < -0.4 is 5.32 Å². The van der Waals surface area contributed by atoms with Crippen LogP contribution in [0.25, 0.3) is 0 Å². The summed E-state index contributed by atoms with van der Waals surface area (Å²) in [5.74, 6) is -0.863. The van der Waals surface area contributed by atoms with Crippen molar-refractivity contribution in [1.82, 2.24) is 0 Å². The smallest absolute Gasteiger partial charge is 0.350 e. The average molecular weight is 403 g/mol. The monoisotopic (exact) mass is 403 g/mol. The fraction of sp³-hybridized carbons (Fsp3) is 0.0769. The van der Waals surface area contributed by atoms with Crippen molar-refractivity contribution in [3.63, 3.8) is 0 Å². The predicted molar refractivity (Wildman–Crippen MR) is 84.4 cm³/mol. The first-order valence-electron chi connectivity index (χ1n) is 5.48. The molecular weight excluding hydrogens is 393 g/mol. The van der Waals surface area contributed by atoms with Gasteiger partial charge >= 0.3 is 5.97 Å². The summed E-state index contributed by atoms with van der Waals surface area (Å²) in [6, 6.07) is 6.24. The van der Waals surface area contributed by atoms with E-state index >= 15 is 0 Å². The molecule has 7 heteroatoms. The molecule has 0 spiro atoms. The van der Waals surface area contributed by atoms with Gasteiger partial charge in [-0.2, -0.15) is 0 Å². The Hall–Kier alpha value is -1.61. The first-order valence-corrected chi connectivity index (χ1v) is 7.44. The molecule has 0 bridgehead atoms. The Balaban J connectivity index is 2.22. The standard InChI is InChI=1S/C13H10INO4S/c1-19-13(18)11-9(4-5-20-11)15-12(17)7-2-3-8(14)10(16)6-7/h2-6,16H,1H3,(H,15,17). The van der Waals surface area contributed by atoms with Crippen molar-refractivity contribution in [2.45, 2.75) is 0 Å². The number of carbonyl (C=O) groups excluding carboxylic acids is 2. The molecule has 0 radical (unpaired) electrons. The summed E-state index contributed by atoms with van der Waals surface area (Å²) in [6.45, 7) is 0. The van der Waals surface area contributed by atoms with Gasteiger partial charge in [0.1, 0.15) is 10.6 Å². The summed E-state index contributed by atoms with van der Waals surface area (Å²) >= 11 is 3.15. The second-order valence-electron chi connectivity index (χ2n) is 3.78. The maximum absolute atomic E-state index is 12.1. The van der Waals surface area contributed by atoms with Crippen LogP contribution in [0.2, 0.25) is 0 Å². The van der Waals surface area contributed by atoms with Crippen molar-refractivity contribution < 1.29 is 19.4 Å². The van der Waals surface area contributed by atoms with E-state index in [0.29, 0.717) is 19.7 Å². The number of methoxy groups -OCH3 is 1. The van der Waals surface area contributed by atoms with Gasteiger partial charge in [-0.3, -0.25) is 4.79 Å². The van der Waals surface area contributed by atoms with Crippen LogP contribution in [0.1, 0.15) is 20.0 Å². The lowest BCUT2D eigenvalue weighted by Gasteiger charge is -2.06. The number of rotatable bonds is 3. The molecule has 0 aliphatic carbocycles. The number of ether oxygens (including phenoxy) is 1. The van der Waals surface area contributed by atoms with Crippen LogP contribution >= 0.6 is 33.9 Å².